The number of pyridine rings is 1. The van der Waals surface area contributed by atoms with Gasteiger partial charge < -0.3 is 5.32 Å². The number of alkyl halides is 1. The molecule has 14 heavy (non-hydrogen) atoms. The fraction of sp³-hybridized carbons (Fsp3) is 0.444. The summed E-state index contributed by atoms with van der Waals surface area (Å²) in [6.07, 6.45) is 2.38. The van der Waals surface area contributed by atoms with Gasteiger partial charge in [0.2, 0.25) is 0 Å². The van der Waals surface area contributed by atoms with E-state index in [4.69, 9.17) is 11.6 Å². The summed E-state index contributed by atoms with van der Waals surface area (Å²) in [6.45, 7) is 2.49. The SMILES string of the molecule is CCC(Cl)CNc1ncc(Br)cc1F. The van der Waals surface area contributed by atoms with Crippen LogP contribution < -0.4 is 5.32 Å². The molecule has 0 saturated heterocycles. The Morgan fingerprint density at radius 1 is 1.71 bits per heavy atom. The smallest absolute Gasteiger partial charge is 0.166 e. The van der Waals surface area contributed by atoms with E-state index < -0.39 is 0 Å². The maximum absolute atomic E-state index is 13.2. The third-order valence-electron chi connectivity index (χ3n) is 1.74. The lowest BCUT2D eigenvalue weighted by Crippen LogP contribution is -2.14. The monoisotopic (exact) mass is 280 g/mol. The van der Waals surface area contributed by atoms with Gasteiger partial charge in [-0.15, -0.1) is 11.6 Å². The predicted molar refractivity (Wildman–Crippen MR) is 60.3 cm³/mol. The highest BCUT2D eigenvalue weighted by molar-refractivity contribution is 9.10. The highest BCUT2D eigenvalue weighted by Crippen LogP contribution is 2.16. The second kappa shape index (κ2) is 5.51. The molecular weight excluding hydrogens is 270 g/mol. The minimum Gasteiger partial charge on any atom is -0.366 e. The van der Waals surface area contributed by atoms with Crippen LogP contribution in [0.25, 0.3) is 0 Å². The Bertz CT molecular complexity index is 309. The number of aromatic nitrogens is 1. The largest absolute Gasteiger partial charge is 0.366 e. The van der Waals surface area contributed by atoms with E-state index in [-0.39, 0.29) is 17.0 Å². The van der Waals surface area contributed by atoms with Gasteiger partial charge >= 0.3 is 0 Å². The van der Waals surface area contributed by atoms with Gasteiger partial charge in [0.1, 0.15) is 0 Å². The van der Waals surface area contributed by atoms with Crippen molar-refractivity contribution in [2.45, 2.75) is 18.7 Å². The van der Waals surface area contributed by atoms with Gasteiger partial charge in [-0.2, -0.15) is 0 Å². The van der Waals surface area contributed by atoms with Crippen LogP contribution in [0.15, 0.2) is 16.7 Å². The second-order valence-electron chi connectivity index (χ2n) is 2.87. The van der Waals surface area contributed by atoms with Crippen molar-refractivity contribution >= 4 is 33.3 Å². The predicted octanol–water partition coefficient (Wildman–Crippen LogP) is 3.41. The van der Waals surface area contributed by atoms with Gasteiger partial charge in [0.05, 0.1) is 5.38 Å². The zero-order valence-corrected chi connectivity index (χ0v) is 10.1. The molecule has 1 N–H and O–H groups in total. The van der Waals surface area contributed by atoms with E-state index in [2.05, 4.69) is 26.2 Å². The third kappa shape index (κ3) is 3.42. The molecule has 0 radical (unpaired) electrons. The van der Waals surface area contributed by atoms with E-state index in [0.717, 1.165) is 6.42 Å². The Balaban J connectivity index is 2.59. The van der Waals surface area contributed by atoms with E-state index in [1.165, 1.54) is 6.07 Å². The molecule has 1 aromatic heterocycles. The Kier molecular flexibility index (Phi) is 4.62. The highest BCUT2D eigenvalue weighted by atomic mass is 79.9. The molecule has 0 aliphatic rings. The van der Waals surface area contributed by atoms with Crippen molar-refractivity contribution in [2.75, 3.05) is 11.9 Å². The summed E-state index contributed by atoms with van der Waals surface area (Å²) >= 11 is 9.01. The molecule has 0 bridgehead atoms. The average molecular weight is 282 g/mol. The van der Waals surface area contributed by atoms with Crippen LogP contribution in [0.3, 0.4) is 0 Å². The molecule has 1 heterocycles. The van der Waals surface area contributed by atoms with E-state index in [9.17, 15) is 4.39 Å². The lowest BCUT2D eigenvalue weighted by molar-refractivity contribution is 0.622. The molecule has 78 valence electrons. The molecule has 0 amide bonds. The van der Waals surface area contributed by atoms with Crippen LogP contribution in [0.1, 0.15) is 13.3 Å². The maximum Gasteiger partial charge on any atom is 0.166 e. The first-order valence-corrected chi connectivity index (χ1v) is 5.55. The van der Waals surface area contributed by atoms with E-state index in [1.54, 1.807) is 6.20 Å². The molecule has 0 fully saturated rings. The Morgan fingerprint density at radius 2 is 2.43 bits per heavy atom. The lowest BCUT2D eigenvalue weighted by Gasteiger charge is -2.09. The van der Waals surface area contributed by atoms with Crippen LogP contribution in [-0.2, 0) is 0 Å². The van der Waals surface area contributed by atoms with Gasteiger partial charge in [-0.3, -0.25) is 0 Å². The first kappa shape index (κ1) is 11.7. The molecule has 5 heteroatoms. The minimum absolute atomic E-state index is 0.000142. The van der Waals surface area contributed by atoms with Gasteiger partial charge in [0, 0.05) is 17.2 Å². The van der Waals surface area contributed by atoms with Gasteiger partial charge in [-0.1, -0.05) is 6.92 Å². The summed E-state index contributed by atoms with van der Waals surface area (Å²) in [5.74, 6) is -0.133. The fourth-order valence-electron chi connectivity index (χ4n) is 0.896. The van der Waals surface area contributed by atoms with Crippen LogP contribution in [0, 0.1) is 5.82 Å². The van der Waals surface area contributed by atoms with Crippen molar-refractivity contribution in [3.63, 3.8) is 0 Å². The number of nitrogens with one attached hydrogen (secondary N) is 1. The average Bonchev–Trinajstić information content (AvgIpc) is 2.16. The molecule has 0 saturated carbocycles. The highest BCUT2D eigenvalue weighted by Gasteiger charge is 2.06. The first-order chi connectivity index (χ1) is 6.63. The molecule has 1 atom stereocenters. The van der Waals surface area contributed by atoms with Crippen LogP contribution in [0.2, 0.25) is 0 Å². The number of anilines is 1. The van der Waals surface area contributed by atoms with Crippen LogP contribution in [-0.4, -0.2) is 16.9 Å². The summed E-state index contributed by atoms with van der Waals surface area (Å²) in [4.78, 5) is 3.89. The van der Waals surface area contributed by atoms with Gasteiger partial charge in [0.15, 0.2) is 11.6 Å². The molecule has 0 spiro atoms. The molecule has 0 aliphatic carbocycles. The number of rotatable bonds is 4. The van der Waals surface area contributed by atoms with Gasteiger partial charge in [-0.25, -0.2) is 9.37 Å². The molecule has 1 unspecified atom stereocenters. The summed E-state index contributed by atoms with van der Waals surface area (Å²) in [5.41, 5.74) is 0. The Labute approximate surface area is 96.0 Å². The summed E-state index contributed by atoms with van der Waals surface area (Å²) < 4.78 is 13.8. The van der Waals surface area contributed by atoms with E-state index in [1.807, 2.05) is 6.92 Å². The maximum atomic E-state index is 13.2. The summed E-state index contributed by atoms with van der Waals surface area (Å²) in [6, 6.07) is 1.37. The van der Waals surface area contributed by atoms with Crippen molar-refractivity contribution < 1.29 is 4.39 Å². The molecular formula is C9H11BrClFN2. The molecule has 0 aliphatic heterocycles. The van der Waals surface area contributed by atoms with Crippen molar-refractivity contribution in [3.05, 3.63) is 22.6 Å². The van der Waals surface area contributed by atoms with Crippen LogP contribution >= 0.6 is 27.5 Å². The quantitative estimate of drug-likeness (QED) is 0.856. The van der Waals surface area contributed by atoms with Crippen molar-refractivity contribution in [1.29, 1.82) is 0 Å². The number of halogens is 3. The zero-order valence-electron chi connectivity index (χ0n) is 7.73. The number of nitrogens with zero attached hydrogens (tertiary/aromatic N) is 1. The van der Waals surface area contributed by atoms with Crippen molar-refractivity contribution in [1.82, 2.24) is 4.98 Å². The lowest BCUT2D eigenvalue weighted by atomic mass is 10.3. The molecule has 1 rings (SSSR count). The van der Waals surface area contributed by atoms with Gasteiger partial charge in [-0.05, 0) is 28.4 Å². The van der Waals surface area contributed by atoms with Crippen molar-refractivity contribution in [3.8, 4) is 0 Å². The fourth-order valence-corrected chi connectivity index (χ4v) is 1.28. The normalized spacial score (nSPS) is 12.6. The van der Waals surface area contributed by atoms with Crippen molar-refractivity contribution in [2.24, 2.45) is 0 Å². The number of hydrogen-bond acceptors (Lipinski definition) is 2. The Morgan fingerprint density at radius 3 is 3.00 bits per heavy atom. The molecule has 1 aromatic rings. The van der Waals surface area contributed by atoms with E-state index in [0.29, 0.717) is 11.0 Å². The summed E-state index contributed by atoms with van der Waals surface area (Å²) in [7, 11) is 0. The van der Waals surface area contributed by atoms with Crippen LogP contribution in [0.4, 0.5) is 10.2 Å². The Hall–Kier alpha value is -0.350. The minimum atomic E-state index is -0.376. The third-order valence-corrected chi connectivity index (χ3v) is 2.64. The molecule has 2 nitrogen and oxygen atoms in total. The standard InChI is InChI=1S/C9H11BrClFN2/c1-2-7(11)5-14-9-8(12)3-6(10)4-13-9/h3-4,7H,2,5H2,1H3,(H,13,14). The van der Waals surface area contributed by atoms with Crippen LogP contribution in [0.5, 0.6) is 0 Å². The topological polar surface area (TPSA) is 24.9 Å². The zero-order chi connectivity index (χ0) is 10.6. The first-order valence-electron chi connectivity index (χ1n) is 4.32. The van der Waals surface area contributed by atoms with E-state index >= 15 is 0 Å². The molecule has 0 aromatic carbocycles. The number of hydrogen-bond donors (Lipinski definition) is 1. The summed E-state index contributed by atoms with van der Waals surface area (Å²) in [5, 5.41) is 2.85. The second-order valence-corrected chi connectivity index (χ2v) is 4.40. The van der Waals surface area contributed by atoms with Gasteiger partial charge in [0.25, 0.3) is 0 Å².